The largest absolute Gasteiger partial charge is 0.493 e. The summed E-state index contributed by atoms with van der Waals surface area (Å²) in [5.74, 6) is 1.27. The molecule has 3 N–H and O–H groups in total. The average molecular weight is 464 g/mol. The van der Waals surface area contributed by atoms with E-state index in [0.29, 0.717) is 0 Å². The maximum absolute atomic E-state index is 11.0. The second-order valence-electron chi connectivity index (χ2n) is 8.12. The molecule has 0 saturated carbocycles. The molecule has 0 radical (unpaired) electrons. The van der Waals surface area contributed by atoms with E-state index in [1.807, 2.05) is 42.5 Å². The molecule has 9 nitrogen and oxygen atoms in total. The van der Waals surface area contributed by atoms with Gasteiger partial charge in [-0.15, -0.1) is 0 Å². The Morgan fingerprint density at radius 1 is 1.00 bits per heavy atom. The van der Waals surface area contributed by atoms with Crippen LogP contribution in [0.3, 0.4) is 0 Å². The summed E-state index contributed by atoms with van der Waals surface area (Å²) in [5, 5.41) is 8.99. The highest BCUT2D eigenvalue weighted by atomic mass is 16.5. The van der Waals surface area contributed by atoms with Gasteiger partial charge in [0.1, 0.15) is 11.9 Å². The first-order chi connectivity index (χ1) is 16.5. The highest BCUT2D eigenvalue weighted by Crippen LogP contribution is 2.32. The fourth-order valence-electron chi connectivity index (χ4n) is 4.02. The number of anilines is 2. The van der Waals surface area contributed by atoms with Crippen LogP contribution in [0.1, 0.15) is 5.56 Å². The summed E-state index contributed by atoms with van der Waals surface area (Å²) in [4.78, 5) is 24.7. The van der Waals surface area contributed by atoms with Crippen LogP contribution >= 0.6 is 0 Å². The third kappa shape index (κ3) is 5.20. The first-order valence-corrected chi connectivity index (χ1v) is 11.1. The zero-order valence-corrected chi connectivity index (χ0v) is 19.3. The van der Waals surface area contributed by atoms with Crippen LogP contribution in [0.5, 0.6) is 11.5 Å². The van der Waals surface area contributed by atoms with E-state index in [9.17, 15) is 4.79 Å². The molecule has 4 rings (SSSR count). The Balaban J connectivity index is 1.42. The van der Waals surface area contributed by atoms with Crippen LogP contribution in [0.2, 0.25) is 0 Å². The van der Waals surface area contributed by atoms with Gasteiger partial charge in [-0.1, -0.05) is 24.3 Å². The molecule has 2 heterocycles. The van der Waals surface area contributed by atoms with Gasteiger partial charge in [-0.05, 0) is 24.1 Å². The molecule has 0 amide bonds. The van der Waals surface area contributed by atoms with Gasteiger partial charge in [0.2, 0.25) is 0 Å². The Morgan fingerprint density at radius 2 is 1.68 bits per heavy atom. The smallest absolute Gasteiger partial charge is 0.320 e. The number of carbonyl (C=O) groups is 1. The van der Waals surface area contributed by atoms with E-state index in [4.69, 9.17) is 25.3 Å². The summed E-state index contributed by atoms with van der Waals surface area (Å²) in [5.41, 5.74) is 9.29. The number of benzene rings is 2. The second kappa shape index (κ2) is 10.4. The van der Waals surface area contributed by atoms with Crippen LogP contribution in [-0.4, -0.2) is 67.5 Å². The van der Waals surface area contributed by atoms with Crippen molar-refractivity contribution in [1.82, 2.24) is 9.97 Å². The lowest BCUT2D eigenvalue weighted by Gasteiger charge is -2.36. The number of nitrogens with zero attached hydrogens (tertiary/aromatic N) is 4. The van der Waals surface area contributed by atoms with Gasteiger partial charge in [-0.25, -0.2) is 4.98 Å². The van der Waals surface area contributed by atoms with Crippen LogP contribution < -0.4 is 25.0 Å². The monoisotopic (exact) mass is 463 g/mol. The number of rotatable bonds is 8. The van der Waals surface area contributed by atoms with Gasteiger partial charge in [-0.3, -0.25) is 9.78 Å². The summed E-state index contributed by atoms with van der Waals surface area (Å²) in [7, 11) is 3.28. The molecule has 2 aromatic carbocycles. The van der Waals surface area contributed by atoms with Crippen molar-refractivity contribution in [2.24, 2.45) is 5.73 Å². The number of hydrogen-bond acceptors (Lipinski definition) is 8. The van der Waals surface area contributed by atoms with Crippen molar-refractivity contribution in [3.63, 3.8) is 0 Å². The summed E-state index contributed by atoms with van der Waals surface area (Å²) < 4.78 is 10.8. The molecule has 0 spiro atoms. The van der Waals surface area contributed by atoms with Gasteiger partial charge in [0, 0.05) is 43.5 Å². The van der Waals surface area contributed by atoms with Crippen molar-refractivity contribution in [1.29, 1.82) is 0 Å². The predicted molar refractivity (Wildman–Crippen MR) is 131 cm³/mol. The Bertz CT molecular complexity index is 1130. The number of carboxylic acid groups (broad SMARTS) is 1. The number of aliphatic carboxylic acids is 1. The summed E-state index contributed by atoms with van der Waals surface area (Å²) in [6.07, 6.45) is 3.81. The normalized spacial score (nSPS) is 14.6. The fraction of sp³-hybridized carbons (Fsp3) is 0.320. The SMILES string of the molecule is COc1ccc(N2CCN(c3cncc(-c4ccc(CC(N)C(=O)O)cc4)n3)CC2)cc1OC. The van der Waals surface area contributed by atoms with E-state index in [1.54, 1.807) is 26.6 Å². The van der Waals surface area contributed by atoms with Crippen molar-refractivity contribution >= 4 is 17.5 Å². The van der Waals surface area contributed by atoms with Crippen molar-refractivity contribution < 1.29 is 19.4 Å². The molecule has 1 aliphatic rings. The number of ether oxygens (including phenoxy) is 2. The van der Waals surface area contributed by atoms with E-state index in [-0.39, 0.29) is 6.42 Å². The Labute approximate surface area is 198 Å². The van der Waals surface area contributed by atoms with Crippen molar-refractivity contribution in [3.05, 3.63) is 60.4 Å². The van der Waals surface area contributed by atoms with Crippen LogP contribution in [0, 0.1) is 0 Å². The minimum atomic E-state index is -1.01. The van der Waals surface area contributed by atoms with Crippen LogP contribution in [0.4, 0.5) is 11.5 Å². The number of aromatic nitrogens is 2. The Hall–Kier alpha value is -3.85. The summed E-state index contributed by atoms with van der Waals surface area (Å²) in [6, 6.07) is 12.7. The summed E-state index contributed by atoms with van der Waals surface area (Å²) >= 11 is 0. The molecule has 1 atom stereocenters. The van der Waals surface area contributed by atoms with E-state index in [2.05, 4.69) is 14.8 Å². The maximum Gasteiger partial charge on any atom is 0.320 e. The molecule has 1 aliphatic heterocycles. The van der Waals surface area contributed by atoms with Crippen LogP contribution in [-0.2, 0) is 11.2 Å². The maximum atomic E-state index is 11.0. The number of carboxylic acids is 1. The number of nitrogens with two attached hydrogens (primary N) is 1. The van der Waals surface area contributed by atoms with E-state index in [1.165, 1.54) is 0 Å². The topological polar surface area (TPSA) is 114 Å². The Kier molecular flexibility index (Phi) is 7.12. The molecule has 9 heteroatoms. The lowest BCUT2D eigenvalue weighted by Crippen LogP contribution is -2.46. The lowest BCUT2D eigenvalue weighted by molar-refractivity contribution is -0.138. The highest BCUT2D eigenvalue weighted by Gasteiger charge is 2.20. The second-order valence-corrected chi connectivity index (χ2v) is 8.12. The molecule has 1 unspecified atom stereocenters. The van der Waals surface area contributed by atoms with E-state index in [0.717, 1.165) is 66.0 Å². The van der Waals surface area contributed by atoms with Crippen LogP contribution in [0.15, 0.2) is 54.9 Å². The first-order valence-electron chi connectivity index (χ1n) is 11.1. The zero-order valence-electron chi connectivity index (χ0n) is 19.3. The minimum Gasteiger partial charge on any atom is -0.493 e. The molecule has 0 aliphatic carbocycles. The van der Waals surface area contributed by atoms with Gasteiger partial charge in [0.05, 0.1) is 32.3 Å². The van der Waals surface area contributed by atoms with Crippen molar-refractivity contribution in [2.75, 3.05) is 50.2 Å². The van der Waals surface area contributed by atoms with Gasteiger partial charge in [-0.2, -0.15) is 0 Å². The molecule has 1 aromatic heterocycles. The summed E-state index contributed by atoms with van der Waals surface area (Å²) in [6.45, 7) is 3.33. The molecular formula is C25H29N5O4. The molecule has 1 fully saturated rings. The average Bonchev–Trinajstić information content (AvgIpc) is 2.88. The standard InChI is InChI=1S/C25H29N5O4/c1-33-22-8-7-19(14-23(22)34-2)29-9-11-30(12-10-29)24-16-27-15-21(28-24)18-5-3-17(4-6-18)13-20(26)25(31)32/h3-8,14-16,20H,9-13,26H2,1-2H3,(H,31,32). The number of methoxy groups -OCH3 is 2. The molecule has 0 bridgehead atoms. The Morgan fingerprint density at radius 3 is 2.32 bits per heavy atom. The molecule has 34 heavy (non-hydrogen) atoms. The zero-order chi connectivity index (χ0) is 24.1. The highest BCUT2D eigenvalue weighted by molar-refractivity contribution is 5.73. The lowest BCUT2D eigenvalue weighted by atomic mass is 10.0. The van der Waals surface area contributed by atoms with Gasteiger partial charge >= 0.3 is 5.97 Å². The van der Waals surface area contributed by atoms with Gasteiger partial charge in [0.25, 0.3) is 0 Å². The third-order valence-corrected chi connectivity index (χ3v) is 5.98. The number of hydrogen-bond donors (Lipinski definition) is 2. The first kappa shape index (κ1) is 23.3. The fourth-order valence-corrected chi connectivity index (χ4v) is 4.02. The predicted octanol–water partition coefficient (Wildman–Crippen LogP) is 2.44. The molecular weight excluding hydrogens is 434 g/mol. The molecule has 3 aromatic rings. The number of piperazine rings is 1. The quantitative estimate of drug-likeness (QED) is 0.520. The third-order valence-electron chi connectivity index (χ3n) is 5.98. The van der Waals surface area contributed by atoms with Gasteiger partial charge < -0.3 is 30.1 Å². The molecule has 178 valence electrons. The van der Waals surface area contributed by atoms with Gasteiger partial charge in [0.15, 0.2) is 11.5 Å². The van der Waals surface area contributed by atoms with Crippen molar-refractivity contribution in [2.45, 2.75) is 12.5 Å². The molecule has 1 saturated heterocycles. The van der Waals surface area contributed by atoms with Crippen LogP contribution in [0.25, 0.3) is 11.3 Å². The van der Waals surface area contributed by atoms with E-state index >= 15 is 0 Å². The van der Waals surface area contributed by atoms with E-state index < -0.39 is 12.0 Å². The minimum absolute atomic E-state index is 0.283. The van der Waals surface area contributed by atoms with Crippen molar-refractivity contribution in [3.8, 4) is 22.8 Å².